The van der Waals surface area contributed by atoms with Gasteiger partial charge in [0.25, 0.3) is 0 Å². The van der Waals surface area contributed by atoms with Crippen molar-refractivity contribution >= 4 is 6.09 Å². The van der Waals surface area contributed by atoms with Gasteiger partial charge in [0.05, 0.1) is 6.04 Å². The molecule has 1 atom stereocenters. The van der Waals surface area contributed by atoms with Crippen LogP contribution >= 0.6 is 0 Å². The number of benzene rings is 3. The molecule has 1 aliphatic rings. The lowest BCUT2D eigenvalue weighted by molar-refractivity contribution is 0.0921. The summed E-state index contributed by atoms with van der Waals surface area (Å²) in [5.41, 5.74) is 4.57. The molecule has 0 bridgehead atoms. The van der Waals surface area contributed by atoms with Crippen LogP contribution < -0.4 is 0 Å². The average Bonchev–Trinajstić information content (AvgIpc) is 3.24. The van der Waals surface area contributed by atoms with Crippen LogP contribution in [0.1, 0.15) is 30.0 Å². The highest BCUT2D eigenvalue weighted by atomic mass is 16.6. The summed E-state index contributed by atoms with van der Waals surface area (Å²) in [7, 11) is 0. The van der Waals surface area contributed by atoms with Crippen LogP contribution in [0.15, 0.2) is 84.9 Å². The Morgan fingerprint density at radius 2 is 1.48 bits per heavy atom. The Hall–Kier alpha value is -3.07. The number of hydrogen-bond donors (Lipinski definition) is 0. The second-order valence-corrected chi connectivity index (χ2v) is 6.88. The third kappa shape index (κ3) is 4.03. The van der Waals surface area contributed by atoms with E-state index in [0.29, 0.717) is 6.61 Å². The summed E-state index contributed by atoms with van der Waals surface area (Å²) in [6, 6.07) is 28.8. The molecule has 0 N–H and O–H groups in total. The summed E-state index contributed by atoms with van der Waals surface area (Å²) >= 11 is 0. The van der Waals surface area contributed by atoms with Gasteiger partial charge >= 0.3 is 6.09 Å². The summed E-state index contributed by atoms with van der Waals surface area (Å²) in [6.45, 7) is 1.06. The third-order valence-corrected chi connectivity index (χ3v) is 5.10. The minimum absolute atomic E-state index is 0.0955. The van der Waals surface area contributed by atoms with Crippen molar-refractivity contribution in [1.82, 2.24) is 4.90 Å². The van der Waals surface area contributed by atoms with Crippen molar-refractivity contribution in [2.75, 3.05) is 6.54 Å². The average molecular weight is 357 g/mol. The van der Waals surface area contributed by atoms with Gasteiger partial charge in [-0.2, -0.15) is 0 Å². The smallest absolute Gasteiger partial charge is 0.410 e. The SMILES string of the molecule is O=C(OCc1ccccc1)N1CCCC1c1ccc(-c2ccccc2)cc1. The highest BCUT2D eigenvalue weighted by Crippen LogP contribution is 2.33. The van der Waals surface area contributed by atoms with E-state index in [4.69, 9.17) is 4.74 Å². The summed E-state index contributed by atoms with van der Waals surface area (Å²) in [6.07, 6.45) is 1.75. The molecule has 1 unspecified atom stereocenters. The van der Waals surface area contributed by atoms with Gasteiger partial charge in [-0.25, -0.2) is 4.79 Å². The molecule has 3 nitrogen and oxygen atoms in total. The van der Waals surface area contributed by atoms with Crippen molar-refractivity contribution in [2.45, 2.75) is 25.5 Å². The van der Waals surface area contributed by atoms with Gasteiger partial charge < -0.3 is 9.64 Å². The molecule has 27 heavy (non-hydrogen) atoms. The van der Waals surface area contributed by atoms with Crippen LogP contribution in [-0.2, 0) is 11.3 Å². The first kappa shape index (κ1) is 17.3. The fourth-order valence-electron chi connectivity index (χ4n) is 3.66. The van der Waals surface area contributed by atoms with Crippen LogP contribution in [0.2, 0.25) is 0 Å². The summed E-state index contributed by atoms with van der Waals surface area (Å²) in [4.78, 5) is 14.5. The number of carbonyl (C=O) groups is 1. The molecule has 1 heterocycles. The van der Waals surface area contributed by atoms with E-state index in [2.05, 4.69) is 36.4 Å². The standard InChI is InChI=1S/C24H23NO2/c26-24(27-18-19-8-3-1-4-9-19)25-17-7-12-23(25)22-15-13-21(14-16-22)20-10-5-2-6-11-20/h1-6,8-11,13-16,23H,7,12,17-18H2. The van der Waals surface area contributed by atoms with Gasteiger partial charge in [-0.05, 0) is 35.1 Å². The number of nitrogens with zero attached hydrogens (tertiary/aromatic N) is 1. The van der Waals surface area contributed by atoms with E-state index in [1.807, 2.05) is 53.4 Å². The second kappa shape index (κ2) is 8.09. The molecule has 1 fully saturated rings. The molecule has 1 saturated heterocycles. The third-order valence-electron chi connectivity index (χ3n) is 5.10. The van der Waals surface area contributed by atoms with Crippen LogP contribution in [0, 0.1) is 0 Å². The van der Waals surface area contributed by atoms with Crippen molar-refractivity contribution in [3.05, 3.63) is 96.1 Å². The van der Waals surface area contributed by atoms with Crippen molar-refractivity contribution < 1.29 is 9.53 Å². The molecule has 1 amide bonds. The molecule has 3 heteroatoms. The first-order chi connectivity index (χ1) is 13.3. The van der Waals surface area contributed by atoms with E-state index >= 15 is 0 Å². The Labute approximate surface area is 160 Å². The largest absolute Gasteiger partial charge is 0.445 e. The van der Waals surface area contributed by atoms with Crippen molar-refractivity contribution in [1.29, 1.82) is 0 Å². The summed E-state index contributed by atoms with van der Waals surface area (Å²) in [5, 5.41) is 0. The fraction of sp³-hybridized carbons (Fsp3) is 0.208. The van der Waals surface area contributed by atoms with Crippen LogP contribution in [0.5, 0.6) is 0 Å². The molecule has 136 valence electrons. The van der Waals surface area contributed by atoms with E-state index < -0.39 is 0 Å². The van der Waals surface area contributed by atoms with Crippen LogP contribution in [0.25, 0.3) is 11.1 Å². The van der Waals surface area contributed by atoms with E-state index in [1.54, 1.807) is 0 Å². The molecule has 1 aliphatic heterocycles. The minimum Gasteiger partial charge on any atom is -0.445 e. The lowest BCUT2D eigenvalue weighted by Gasteiger charge is -2.24. The highest BCUT2D eigenvalue weighted by molar-refractivity contribution is 5.69. The van der Waals surface area contributed by atoms with Gasteiger partial charge in [0.2, 0.25) is 0 Å². The topological polar surface area (TPSA) is 29.5 Å². The predicted octanol–water partition coefficient (Wildman–Crippen LogP) is 5.83. The molecular formula is C24H23NO2. The molecule has 4 rings (SSSR count). The molecule has 0 spiro atoms. The Morgan fingerprint density at radius 1 is 0.852 bits per heavy atom. The predicted molar refractivity (Wildman–Crippen MR) is 107 cm³/mol. The molecule has 3 aromatic rings. The molecule has 0 aliphatic carbocycles. The highest BCUT2D eigenvalue weighted by Gasteiger charge is 2.31. The van der Waals surface area contributed by atoms with Gasteiger partial charge in [0.1, 0.15) is 6.61 Å². The van der Waals surface area contributed by atoms with Gasteiger partial charge in [0.15, 0.2) is 0 Å². The Morgan fingerprint density at radius 3 is 2.19 bits per heavy atom. The van der Waals surface area contributed by atoms with Gasteiger partial charge in [-0.1, -0.05) is 84.9 Å². The van der Waals surface area contributed by atoms with Gasteiger partial charge in [-0.3, -0.25) is 0 Å². The summed E-state index contributed by atoms with van der Waals surface area (Å²) in [5.74, 6) is 0. The molecular weight excluding hydrogens is 334 g/mol. The normalized spacial score (nSPS) is 16.3. The molecule has 0 aromatic heterocycles. The zero-order valence-corrected chi connectivity index (χ0v) is 15.3. The maximum absolute atomic E-state index is 12.6. The maximum Gasteiger partial charge on any atom is 0.410 e. The number of amides is 1. The zero-order valence-electron chi connectivity index (χ0n) is 15.3. The molecule has 0 radical (unpaired) electrons. The van der Waals surface area contributed by atoms with E-state index in [0.717, 1.165) is 24.9 Å². The first-order valence-electron chi connectivity index (χ1n) is 9.44. The quantitative estimate of drug-likeness (QED) is 0.588. The number of rotatable bonds is 4. The van der Waals surface area contributed by atoms with Gasteiger partial charge in [-0.15, -0.1) is 0 Å². The van der Waals surface area contributed by atoms with Crippen LogP contribution in [0.4, 0.5) is 4.79 Å². The Kier molecular flexibility index (Phi) is 5.20. The number of hydrogen-bond acceptors (Lipinski definition) is 2. The Balaban J connectivity index is 1.44. The van der Waals surface area contributed by atoms with E-state index in [9.17, 15) is 4.79 Å². The maximum atomic E-state index is 12.6. The Bertz CT molecular complexity index is 875. The van der Waals surface area contributed by atoms with Crippen molar-refractivity contribution in [3.8, 4) is 11.1 Å². The van der Waals surface area contributed by atoms with Crippen LogP contribution in [0.3, 0.4) is 0 Å². The van der Waals surface area contributed by atoms with Crippen LogP contribution in [-0.4, -0.2) is 17.5 Å². The lowest BCUT2D eigenvalue weighted by Crippen LogP contribution is -2.31. The minimum atomic E-state index is -0.228. The zero-order chi connectivity index (χ0) is 18.5. The lowest BCUT2D eigenvalue weighted by atomic mass is 10.00. The van der Waals surface area contributed by atoms with E-state index in [-0.39, 0.29) is 12.1 Å². The van der Waals surface area contributed by atoms with Gasteiger partial charge in [0, 0.05) is 6.54 Å². The van der Waals surface area contributed by atoms with Crippen molar-refractivity contribution in [2.24, 2.45) is 0 Å². The number of ether oxygens (including phenoxy) is 1. The number of likely N-dealkylation sites (tertiary alicyclic amines) is 1. The first-order valence-corrected chi connectivity index (χ1v) is 9.44. The monoisotopic (exact) mass is 357 g/mol. The molecule has 0 saturated carbocycles. The second-order valence-electron chi connectivity index (χ2n) is 6.88. The molecule has 3 aromatic carbocycles. The van der Waals surface area contributed by atoms with Crippen molar-refractivity contribution in [3.63, 3.8) is 0 Å². The summed E-state index contributed by atoms with van der Waals surface area (Å²) < 4.78 is 5.54. The van der Waals surface area contributed by atoms with E-state index in [1.165, 1.54) is 16.7 Å². The number of carbonyl (C=O) groups excluding carboxylic acids is 1. The fourth-order valence-corrected chi connectivity index (χ4v) is 3.66.